The van der Waals surface area contributed by atoms with Crippen molar-refractivity contribution in [3.8, 4) is 11.3 Å². The summed E-state index contributed by atoms with van der Waals surface area (Å²) in [4.78, 5) is 11.1. The van der Waals surface area contributed by atoms with Crippen LogP contribution in [0.25, 0.3) is 11.3 Å². The van der Waals surface area contributed by atoms with E-state index in [4.69, 9.17) is 5.11 Å². The highest BCUT2D eigenvalue weighted by Gasteiger charge is 2.22. The summed E-state index contributed by atoms with van der Waals surface area (Å²) < 4.78 is 15.0. The summed E-state index contributed by atoms with van der Waals surface area (Å²) in [6.07, 6.45) is 1.53. The summed E-state index contributed by atoms with van der Waals surface area (Å²) in [5.74, 6) is -1.77. The van der Waals surface area contributed by atoms with Gasteiger partial charge in [-0.15, -0.1) is 11.7 Å². The normalized spacial score (nSPS) is 10.3. The predicted molar refractivity (Wildman–Crippen MR) is 62.6 cm³/mol. The Morgan fingerprint density at radius 2 is 2.22 bits per heavy atom. The molecule has 2 rings (SSSR count). The molecule has 0 aliphatic heterocycles. The predicted octanol–water partition coefficient (Wildman–Crippen LogP) is 1.97. The maximum atomic E-state index is 13.7. The molecule has 5 nitrogen and oxygen atoms in total. The summed E-state index contributed by atoms with van der Waals surface area (Å²) in [5.41, 5.74) is 0.0178. The Bertz CT molecular complexity index is 607. The van der Waals surface area contributed by atoms with Crippen molar-refractivity contribution in [2.45, 2.75) is 6.54 Å². The molecule has 0 spiro atoms. The van der Waals surface area contributed by atoms with Crippen LogP contribution in [-0.2, 0) is 6.54 Å². The Morgan fingerprint density at radius 3 is 2.83 bits per heavy atom. The van der Waals surface area contributed by atoms with Gasteiger partial charge in [0.15, 0.2) is 5.69 Å². The Labute approximate surface area is 102 Å². The van der Waals surface area contributed by atoms with Crippen LogP contribution in [0.5, 0.6) is 0 Å². The van der Waals surface area contributed by atoms with Gasteiger partial charge < -0.3 is 5.11 Å². The van der Waals surface area contributed by atoms with Crippen molar-refractivity contribution < 1.29 is 14.3 Å². The molecule has 92 valence electrons. The highest BCUT2D eigenvalue weighted by atomic mass is 19.1. The second kappa shape index (κ2) is 4.79. The van der Waals surface area contributed by atoms with Gasteiger partial charge in [0, 0.05) is 5.56 Å². The van der Waals surface area contributed by atoms with Crippen molar-refractivity contribution in [2.24, 2.45) is 0 Å². The van der Waals surface area contributed by atoms with Crippen molar-refractivity contribution in [3.63, 3.8) is 0 Å². The zero-order valence-electron chi connectivity index (χ0n) is 9.38. The van der Waals surface area contributed by atoms with Gasteiger partial charge in [0.1, 0.15) is 11.5 Å². The fraction of sp³-hybridized carbons (Fsp3) is 0.0833. The third-order valence-corrected chi connectivity index (χ3v) is 2.37. The summed E-state index contributed by atoms with van der Waals surface area (Å²) in [6, 6.07) is 5.89. The van der Waals surface area contributed by atoms with Gasteiger partial charge in [0.25, 0.3) is 0 Å². The quantitative estimate of drug-likeness (QED) is 0.839. The van der Waals surface area contributed by atoms with Crippen LogP contribution in [0.3, 0.4) is 0 Å². The molecule has 6 heteroatoms. The van der Waals surface area contributed by atoms with Gasteiger partial charge in [0.05, 0.1) is 6.54 Å². The highest BCUT2D eigenvalue weighted by Crippen LogP contribution is 2.25. The number of nitrogens with zero attached hydrogens (tertiary/aromatic N) is 3. The molecule has 0 bridgehead atoms. The molecule has 0 saturated heterocycles. The van der Waals surface area contributed by atoms with Gasteiger partial charge in [-0.1, -0.05) is 23.4 Å². The molecule has 0 saturated carbocycles. The summed E-state index contributed by atoms with van der Waals surface area (Å²) in [5, 5.41) is 16.3. The first-order valence-corrected chi connectivity index (χ1v) is 5.17. The van der Waals surface area contributed by atoms with E-state index in [0.717, 1.165) is 0 Å². The number of rotatable bonds is 4. The van der Waals surface area contributed by atoms with Crippen LogP contribution in [0.2, 0.25) is 0 Å². The van der Waals surface area contributed by atoms with Gasteiger partial charge in [-0.3, -0.25) is 0 Å². The number of aromatic carboxylic acids is 1. The highest BCUT2D eigenvalue weighted by molar-refractivity contribution is 5.92. The lowest BCUT2D eigenvalue weighted by molar-refractivity contribution is 0.0691. The zero-order valence-corrected chi connectivity index (χ0v) is 9.38. The molecule has 0 radical (unpaired) electrons. The van der Waals surface area contributed by atoms with Crippen LogP contribution in [0.15, 0.2) is 36.9 Å². The maximum Gasteiger partial charge on any atom is 0.358 e. The van der Waals surface area contributed by atoms with Crippen LogP contribution in [0, 0.1) is 5.82 Å². The van der Waals surface area contributed by atoms with E-state index in [-0.39, 0.29) is 23.5 Å². The largest absolute Gasteiger partial charge is 0.476 e. The molecular weight excluding hydrogens is 237 g/mol. The zero-order chi connectivity index (χ0) is 13.1. The Kier molecular flexibility index (Phi) is 3.18. The molecule has 1 N–H and O–H groups in total. The van der Waals surface area contributed by atoms with E-state index in [1.54, 1.807) is 6.07 Å². The number of aromatic nitrogens is 3. The fourth-order valence-electron chi connectivity index (χ4n) is 1.63. The molecular formula is C12H10FN3O2. The van der Waals surface area contributed by atoms with E-state index in [0.29, 0.717) is 0 Å². The fourth-order valence-corrected chi connectivity index (χ4v) is 1.63. The molecule has 1 aromatic carbocycles. The van der Waals surface area contributed by atoms with E-state index in [1.807, 2.05) is 0 Å². The van der Waals surface area contributed by atoms with Crippen LogP contribution in [0.4, 0.5) is 4.39 Å². The first kappa shape index (κ1) is 12.0. The summed E-state index contributed by atoms with van der Waals surface area (Å²) in [7, 11) is 0. The van der Waals surface area contributed by atoms with Crippen LogP contribution >= 0.6 is 0 Å². The monoisotopic (exact) mass is 247 g/mol. The standard InChI is InChI=1S/C12H10FN3O2/c1-2-7-16-11(10(12(17)18)14-15-16)8-5-3-4-6-9(8)13/h2-6H,1,7H2,(H,17,18). The molecule has 18 heavy (non-hydrogen) atoms. The number of allylic oxidation sites excluding steroid dienone is 1. The second-order valence-electron chi connectivity index (χ2n) is 3.54. The number of carboxylic acids is 1. The lowest BCUT2D eigenvalue weighted by atomic mass is 10.1. The SMILES string of the molecule is C=CCn1nnc(C(=O)O)c1-c1ccccc1F. The topological polar surface area (TPSA) is 68.0 Å². The average molecular weight is 247 g/mol. The van der Waals surface area contributed by atoms with E-state index >= 15 is 0 Å². The summed E-state index contributed by atoms with van der Waals surface area (Å²) in [6.45, 7) is 3.79. The van der Waals surface area contributed by atoms with E-state index < -0.39 is 11.8 Å². The number of halogens is 1. The maximum absolute atomic E-state index is 13.7. The van der Waals surface area contributed by atoms with Gasteiger partial charge in [0.2, 0.25) is 0 Å². The van der Waals surface area contributed by atoms with Crippen molar-refractivity contribution in [2.75, 3.05) is 0 Å². The van der Waals surface area contributed by atoms with Gasteiger partial charge in [-0.25, -0.2) is 13.9 Å². The first-order valence-electron chi connectivity index (χ1n) is 5.17. The minimum Gasteiger partial charge on any atom is -0.476 e. The molecule has 0 atom stereocenters. The smallest absolute Gasteiger partial charge is 0.358 e. The third kappa shape index (κ3) is 2.00. The number of carbonyl (C=O) groups is 1. The Hall–Kier alpha value is -2.50. The molecule has 0 unspecified atom stereocenters. The average Bonchev–Trinajstić information content (AvgIpc) is 2.74. The minimum atomic E-state index is -1.25. The molecule has 1 heterocycles. The van der Waals surface area contributed by atoms with Gasteiger partial charge >= 0.3 is 5.97 Å². The molecule has 0 aliphatic rings. The van der Waals surface area contributed by atoms with E-state index in [2.05, 4.69) is 16.9 Å². The Balaban J connectivity index is 2.67. The number of benzene rings is 1. The van der Waals surface area contributed by atoms with E-state index in [1.165, 1.54) is 29.0 Å². The first-order chi connectivity index (χ1) is 8.65. The van der Waals surface area contributed by atoms with Gasteiger partial charge in [-0.05, 0) is 12.1 Å². The molecule has 0 amide bonds. The lowest BCUT2D eigenvalue weighted by Crippen LogP contribution is -2.05. The van der Waals surface area contributed by atoms with Crippen LogP contribution < -0.4 is 0 Å². The number of hydrogen-bond donors (Lipinski definition) is 1. The summed E-state index contributed by atoms with van der Waals surface area (Å²) >= 11 is 0. The molecule has 0 aliphatic carbocycles. The number of hydrogen-bond acceptors (Lipinski definition) is 3. The van der Waals surface area contributed by atoms with Gasteiger partial charge in [-0.2, -0.15) is 0 Å². The lowest BCUT2D eigenvalue weighted by Gasteiger charge is -2.05. The minimum absolute atomic E-state index is 0.139. The van der Waals surface area contributed by atoms with Crippen LogP contribution in [0.1, 0.15) is 10.5 Å². The molecule has 1 aromatic heterocycles. The van der Waals surface area contributed by atoms with Crippen LogP contribution in [-0.4, -0.2) is 26.1 Å². The van der Waals surface area contributed by atoms with E-state index in [9.17, 15) is 9.18 Å². The second-order valence-corrected chi connectivity index (χ2v) is 3.54. The molecule has 0 fully saturated rings. The number of carboxylic acid groups (broad SMARTS) is 1. The third-order valence-electron chi connectivity index (χ3n) is 2.37. The Morgan fingerprint density at radius 1 is 1.50 bits per heavy atom. The van der Waals surface area contributed by atoms with Crippen molar-refractivity contribution in [1.29, 1.82) is 0 Å². The van der Waals surface area contributed by atoms with Crippen molar-refractivity contribution in [3.05, 3.63) is 48.4 Å². The molecule has 2 aromatic rings. The van der Waals surface area contributed by atoms with Crippen molar-refractivity contribution >= 4 is 5.97 Å². The van der Waals surface area contributed by atoms with Crippen molar-refractivity contribution in [1.82, 2.24) is 15.0 Å².